The van der Waals surface area contributed by atoms with Gasteiger partial charge in [0.15, 0.2) is 9.84 Å². The van der Waals surface area contributed by atoms with Crippen LogP contribution < -0.4 is 5.32 Å². The molecule has 2 amide bonds. The van der Waals surface area contributed by atoms with Crippen LogP contribution in [0.2, 0.25) is 0 Å². The van der Waals surface area contributed by atoms with E-state index in [-0.39, 0.29) is 29.2 Å². The number of piperidine rings is 1. The number of likely N-dealkylation sites (tertiary alicyclic amines) is 1. The Hall–Kier alpha value is -1.04. The van der Waals surface area contributed by atoms with E-state index in [1.54, 1.807) is 0 Å². The molecule has 0 radical (unpaired) electrons. The van der Waals surface area contributed by atoms with Crippen LogP contribution in [0.5, 0.6) is 0 Å². The van der Waals surface area contributed by atoms with Gasteiger partial charge >= 0.3 is 6.03 Å². The molecule has 5 nitrogen and oxygen atoms in total. The van der Waals surface area contributed by atoms with Gasteiger partial charge in [-0.15, -0.1) is 6.58 Å². The average Bonchev–Trinajstić information content (AvgIpc) is 2.46. The molecule has 2 heterocycles. The molecule has 2 unspecified atom stereocenters. The number of sulfone groups is 1. The van der Waals surface area contributed by atoms with Crippen molar-refractivity contribution in [2.75, 3.05) is 24.6 Å². The summed E-state index contributed by atoms with van der Waals surface area (Å²) in [5, 5.41) is 2.97. The molecule has 0 aromatic heterocycles. The van der Waals surface area contributed by atoms with Gasteiger partial charge in [-0.3, -0.25) is 0 Å². The van der Waals surface area contributed by atoms with Crippen LogP contribution in [-0.2, 0) is 9.84 Å². The molecule has 0 saturated carbocycles. The molecule has 2 aliphatic heterocycles. The van der Waals surface area contributed by atoms with E-state index >= 15 is 0 Å². The summed E-state index contributed by atoms with van der Waals surface area (Å²) in [7, 11) is -2.92. The Morgan fingerprint density at radius 2 is 2.13 bits per heavy atom. The summed E-state index contributed by atoms with van der Waals surface area (Å²) in [5.74, 6) is 0.543. The Morgan fingerprint density at radius 3 is 2.78 bits per heavy atom. The highest BCUT2D eigenvalue weighted by Crippen LogP contribution is 2.37. The standard InChI is InChI=1S/C17H30N2O3S/c1-4-7-15-17(2,3)9-6-10-19(15)16(20)18-12-14-8-5-11-23(21,22)13-14/h4,14-15H,1,5-13H2,2-3H3,(H,18,20). The van der Waals surface area contributed by atoms with E-state index in [1.807, 2.05) is 11.0 Å². The molecule has 1 N–H and O–H groups in total. The Kier molecular flexibility index (Phi) is 5.76. The second kappa shape index (κ2) is 7.24. The number of nitrogens with zero attached hydrogens (tertiary/aromatic N) is 1. The molecule has 23 heavy (non-hydrogen) atoms. The zero-order chi connectivity index (χ0) is 17.1. The molecule has 132 valence electrons. The van der Waals surface area contributed by atoms with Crippen LogP contribution in [0.25, 0.3) is 0 Å². The van der Waals surface area contributed by atoms with Crippen LogP contribution in [0, 0.1) is 11.3 Å². The van der Waals surface area contributed by atoms with Gasteiger partial charge in [0, 0.05) is 19.1 Å². The molecule has 2 aliphatic rings. The summed E-state index contributed by atoms with van der Waals surface area (Å²) in [4.78, 5) is 14.5. The Labute approximate surface area is 140 Å². The topological polar surface area (TPSA) is 66.5 Å². The van der Waals surface area contributed by atoms with Gasteiger partial charge < -0.3 is 10.2 Å². The summed E-state index contributed by atoms with van der Waals surface area (Å²) in [6.45, 7) is 9.44. The number of urea groups is 1. The monoisotopic (exact) mass is 342 g/mol. The number of carbonyl (C=O) groups excluding carboxylic acids is 1. The quantitative estimate of drug-likeness (QED) is 0.799. The van der Waals surface area contributed by atoms with Gasteiger partial charge in [-0.05, 0) is 43.4 Å². The zero-order valence-electron chi connectivity index (χ0n) is 14.4. The molecule has 2 fully saturated rings. The summed E-state index contributed by atoms with van der Waals surface area (Å²) < 4.78 is 23.4. The average molecular weight is 343 g/mol. The van der Waals surface area contributed by atoms with E-state index in [9.17, 15) is 13.2 Å². The van der Waals surface area contributed by atoms with Crippen molar-refractivity contribution in [1.29, 1.82) is 0 Å². The van der Waals surface area contributed by atoms with Crippen molar-refractivity contribution < 1.29 is 13.2 Å². The molecule has 0 bridgehead atoms. The van der Waals surface area contributed by atoms with E-state index in [0.717, 1.165) is 32.2 Å². The number of rotatable bonds is 4. The fourth-order valence-electron chi connectivity index (χ4n) is 3.91. The molecule has 0 aliphatic carbocycles. The minimum absolute atomic E-state index is 0.0494. The number of carbonyl (C=O) groups is 1. The molecule has 6 heteroatoms. The Balaban J connectivity index is 1.94. The summed E-state index contributed by atoms with van der Waals surface area (Å²) in [6, 6.07) is 0.0939. The molecule has 2 rings (SSSR count). The van der Waals surface area contributed by atoms with E-state index in [4.69, 9.17) is 0 Å². The number of nitrogens with one attached hydrogen (secondary N) is 1. The highest BCUT2D eigenvalue weighted by atomic mass is 32.2. The first kappa shape index (κ1) is 18.3. The van der Waals surface area contributed by atoms with Crippen molar-refractivity contribution in [2.45, 2.75) is 52.0 Å². The van der Waals surface area contributed by atoms with E-state index in [1.165, 1.54) is 0 Å². The smallest absolute Gasteiger partial charge is 0.317 e. The zero-order valence-corrected chi connectivity index (χ0v) is 15.2. The van der Waals surface area contributed by atoms with E-state index in [2.05, 4.69) is 25.7 Å². The predicted molar refractivity (Wildman–Crippen MR) is 93.1 cm³/mol. The van der Waals surface area contributed by atoms with Crippen molar-refractivity contribution in [3.63, 3.8) is 0 Å². The van der Waals surface area contributed by atoms with E-state index in [0.29, 0.717) is 18.7 Å². The highest BCUT2D eigenvalue weighted by molar-refractivity contribution is 7.91. The third-order valence-corrected chi connectivity index (χ3v) is 7.14. The minimum atomic E-state index is -2.92. The lowest BCUT2D eigenvalue weighted by atomic mass is 9.75. The summed E-state index contributed by atoms with van der Waals surface area (Å²) >= 11 is 0. The molecular weight excluding hydrogens is 312 g/mol. The number of hydrogen-bond acceptors (Lipinski definition) is 3. The van der Waals surface area contributed by atoms with Crippen LogP contribution in [-0.4, -0.2) is 50.0 Å². The second-order valence-electron chi connectivity index (χ2n) is 7.63. The van der Waals surface area contributed by atoms with Crippen LogP contribution in [0.15, 0.2) is 12.7 Å². The molecule has 0 spiro atoms. The summed E-state index contributed by atoms with van der Waals surface area (Å²) in [6.07, 6.45) is 6.37. The first-order chi connectivity index (χ1) is 10.7. The second-order valence-corrected chi connectivity index (χ2v) is 9.86. The molecule has 2 saturated heterocycles. The largest absolute Gasteiger partial charge is 0.338 e. The first-order valence-corrected chi connectivity index (χ1v) is 10.4. The highest BCUT2D eigenvalue weighted by Gasteiger charge is 2.39. The van der Waals surface area contributed by atoms with Crippen molar-refractivity contribution in [1.82, 2.24) is 10.2 Å². The van der Waals surface area contributed by atoms with Gasteiger partial charge in [-0.2, -0.15) is 0 Å². The van der Waals surface area contributed by atoms with Gasteiger partial charge in [0.05, 0.1) is 11.5 Å². The molecule has 0 aromatic carbocycles. The number of hydrogen-bond donors (Lipinski definition) is 1. The van der Waals surface area contributed by atoms with Crippen molar-refractivity contribution in [2.24, 2.45) is 11.3 Å². The van der Waals surface area contributed by atoms with Crippen molar-refractivity contribution in [3.05, 3.63) is 12.7 Å². The lowest BCUT2D eigenvalue weighted by Crippen LogP contribution is -2.55. The van der Waals surface area contributed by atoms with E-state index < -0.39 is 9.84 Å². The SMILES string of the molecule is C=CCC1N(C(=O)NCC2CCCS(=O)(=O)C2)CCCC1(C)C. The van der Waals surface area contributed by atoms with Gasteiger partial charge in [0.1, 0.15) is 0 Å². The van der Waals surface area contributed by atoms with Crippen LogP contribution in [0.3, 0.4) is 0 Å². The minimum Gasteiger partial charge on any atom is -0.338 e. The Morgan fingerprint density at radius 1 is 1.39 bits per heavy atom. The summed E-state index contributed by atoms with van der Waals surface area (Å²) in [5.41, 5.74) is 0.0813. The maximum Gasteiger partial charge on any atom is 0.317 e. The fourth-order valence-corrected chi connectivity index (χ4v) is 5.68. The lowest BCUT2D eigenvalue weighted by Gasteiger charge is -2.46. The third-order valence-electron chi connectivity index (χ3n) is 5.25. The van der Waals surface area contributed by atoms with Crippen molar-refractivity contribution >= 4 is 15.9 Å². The molecule has 2 atom stereocenters. The normalized spacial score (nSPS) is 29.7. The van der Waals surface area contributed by atoms with Crippen LogP contribution in [0.1, 0.15) is 46.0 Å². The van der Waals surface area contributed by atoms with Crippen LogP contribution in [0.4, 0.5) is 4.79 Å². The predicted octanol–water partition coefficient (Wildman–Crippen LogP) is 2.59. The van der Waals surface area contributed by atoms with Crippen molar-refractivity contribution in [3.8, 4) is 0 Å². The van der Waals surface area contributed by atoms with Gasteiger partial charge in [0.25, 0.3) is 0 Å². The first-order valence-electron chi connectivity index (χ1n) is 8.61. The fraction of sp³-hybridized carbons (Fsp3) is 0.824. The maximum absolute atomic E-state index is 12.6. The Bertz CT molecular complexity index is 542. The number of amides is 2. The molecular formula is C17H30N2O3S. The van der Waals surface area contributed by atoms with Gasteiger partial charge in [-0.25, -0.2) is 13.2 Å². The van der Waals surface area contributed by atoms with Gasteiger partial charge in [0.2, 0.25) is 0 Å². The maximum atomic E-state index is 12.6. The van der Waals surface area contributed by atoms with Gasteiger partial charge in [-0.1, -0.05) is 19.9 Å². The third kappa shape index (κ3) is 4.72. The lowest BCUT2D eigenvalue weighted by molar-refractivity contribution is 0.0636. The molecule has 0 aromatic rings. The van der Waals surface area contributed by atoms with Crippen LogP contribution >= 0.6 is 0 Å².